The molecule has 0 spiro atoms. The quantitative estimate of drug-likeness (QED) is 0.330. The van der Waals surface area contributed by atoms with Gasteiger partial charge in [0, 0.05) is 6.54 Å². The molecule has 1 aromatic heterocycles. The Balaban J connectivity index is 2.31. The van der Waals surface area contributed by atoms with Crippen molar-refractivity contribution in [2.24, 2.45) is 10.8 Å². The second-order valence-corrected chi connectivity index (χ2v) is 3.84. The summed E-state index contributed by atoms with van der Waals surface area (Å²) in [6.45, 7) is 4.86. The van der Waals surface area contributed by atoms with Gasteiger partial charge < -0.3 is 5.43 Å². The topological polar surface area (TPSA) is 68.2 Å². The van der Waals surface area contributed by atoms with Crippen molar-refractivity contribution in [1.29, 1.82) is 0 Å². The highest BCUT2D eigenvalue weighted by molar-refractivity contribution is 5.97. The maximum Gasteiger partial charge on any atom is 0.161 e. The van der Waals surface area contributed by atoms with Gasteiger partial charge in [0.25, 0.3) is 0 Å². The van der Waals surface area contributed by atoms with Gasteiger partial charge in [0.15, 0.2) is 5.84 Å². The maximum atomic E-state index is 5.49. The molecular formula is C10H17N5. The summed E-state index contributed by atoms with van der Waals surface area (Å²) in [5.41, 5.74) is 4.63. The van der Waals surface area contributed by atoms with E-state index in [0.29, 0.717) is 6.04 Å². The van der Waals surface area contributed by atoms with Gasteiger partial charge in [-0.05, 0) is 32.8 Å². The van der Waals surface area contributed by atoms with Crippen LogP contribution in [0, 0.1) is 6.92 Å². The normalized spacial score (nSPS) is 16.9. The summed E-state index contributed by atoms with van der Waals surface area (Å²) in [5, 5.41) is 4.37. The lowest BCUT2D eigenvalue weighted by Gasteiger charge is -2.07. The minimum absolute atomic E-state index is 0.455. The molecule has 5 nitrogen and oxygen atoms in total. The molecule has 0 bridgehead atoms. The largest absolute Gasteiger partial charge is 0.307 e. The van der Waals surface area contributed by atoms with Gasteiger partial charge in [-0.1, -0.05) is 0 Å². The van der Waals surface area contributed by atoms with Crippen LogP contribution < -0.4 is 11.3 Å². The summed E-state index contributed by atoms with van der Waals surface area (Å²) in [6, 6.07) is 2.46. The zero-order valence-corrected chi connectivity index (χ0v) is 9.20. The molecule has 0 saturated heterocycles. The zero-order chi connectivity index (χ0) is 10.8. The maximum absolute atomic E-state index is 5.49. The molecule has 5 heteroatoms. The summed E-state index contributed by atoms with van der Waals surface area (Å²) in [7, 11) is 0. The number of nitrogens with one attached hydrogen (secondary N) is 1. The van der Waals surface area contributed by atoms with Crippen LogP contribution in [0.3, 0.4) is 0 Å². The highest BCUT2D eigenvalue weighted by atomic mass is 15.3. The highest BCUT2D eigenvalue weighted by Crippen LogP contribution is 2.24. The van der Waals surface area contributed by atoms with Crippen LogP contribution >= 0.6 is 0 Å². The first-order chi connectivity index (χ1) is 7.24. The second kappa shape index (κ2) is 4.02. The van der Waals surface area contributed by atoms with Crippen molar-refractivity contribution in [2.75, 3.05) is 0 Å². The van der Waals surface area contributed by atoms with Crippen molar-refractivity contribution in [1.82, 2.24) is 15.2 Å². The third-order valence-electron chi connectivity index (χ3n) is 2.44. The van der Waals surface area contributed by atoms with E-state index < -0.39 is 0 Å². The predicted octanol–water partition coefficient (Wildman–Crippen LogP) is 0.584. The molecule has 0 aromatic carbocycles. The van der Waals surface area contributed by atoms with Gasteiger partial charge in [0.05, 0.1) is 11.7 Å². The number of hydrogen-bond acceptors (Lipinski definition) is 3. The molecule has 1 heterocycles. The number of hydrazine groups is 1. The Morgan fingerprint density at radius 2 is 2.47 bits per heavy atom. The number of aliphatic imine (C=N–C) groups is 1. The van der Waals surface area contributed by atoms with Crippen LogP contribution in [0.1, 0.15) is 31.2 Å². The van der Waals surface area contributed by atoms with Crippen molar-refractivity contribution in [3.8, 4) is 0 Å². The molecule has 0 aliphatic heterocycles. The standard InChI is InChI=1S/C10H17N5/c1-3-15-9(6-7(2)14-15)10(13-11)12-8-4-5-8/h6,8H,3-5,11H2,1-2H3,(H,12,13). The van der Waals surface area contributed by atoms with Crippen LogP contribution in [-0.4, -0.2) is 21.7 Å². The monoisotopic (exact) mass is 207 g/mol. The summed E-state index contributed by atoms with van der Waals surface area (Å²) in [5.74, 6) is 6.24. The summed E-state index contributed by atoms with van der Waals surface area (Å²) < 4.78 is 1.91. The number of hydrogen-bond donors (Lipinski definition) is 2. The van der Waals surface area contributed by atoms with Crippen molar-refractivity contribution in [2.45, 2.75) is 39.3 Å². The minimum atomic E-state index is 0.455. The number of aromatic nitrogens is 2. The highest BCUT2D eigenvalue weighted by Gasteiger charge is 2.22. The molecule has 0 radical (unpaired) electrons. The van der Waals surface area contributed by atoms with Crippen molar-refractivity contribution >= 4 is 5.84 Å². The molecule has 1 aliphatic carbocycles. The van der Waals surface area contributed by atoms with Crippen LogP contribution in [0.25, 0.3) is 0 Å². The van der Waals surface area contributed by atoms with Gasteiger partial charge in [-0.15, -0.1) is 0 Å². The van der Waals surface area contributed by atoms with E-state index in [-0.39, 0.29) is 0 Å². The molecule has 0 atom stereocenters. The Bertz CT molecular complexity index is 375. The zero-order valence-electron chi connectivity index (χ0n) is 9.20. The first-order valence-electron chi connectivity index (χ1n) is 5.33. The first kappa shape index (κ1) is 10.2. The summed E-state index contributed by atoms with van der Waals surface area (Å²) in [6.07, 6.45) is 2.34. The summed E-state index contributed by atoms with van der Waals surface area (Å²) >= 11 is 0. The molecule has 1 saturated carbocycles. The lowest BCUT2D eigenvalue weighted by Crippen LogP contribution is -2.33. The van der Waals surface area contributed by atoms with E-state index in [2.05, 4.69) is 22.4 Å². The lowest BCUT2D eigenvalue weighted by molar-refractivity contribution is 0.644. The van der Waals surface area contributed by atoms with E-state index in [1.165, 1.54) is 12.8 Å². The number of aryl methyl sites for hydroxylation is 2. The third kappa shape index (κ3) is 2.18. The fourth-order valence-corrected chi connectivity index (χ4v) is 1.54. The van der Waals surface area contributed by atoms with Gasteiger partial charge in [0.2, 0.25) is 0 Å². The molecule has 1 fully saturated rings. The third-order valence-corrected chi connectivity index (χ3v) is 2.44. The molecular weight excluding hydrogens is 190 g/mol. The SMILES string of the molecule is CCn1nc(C)cc1C(=NC1CC1)NN. The van der Waals surface area contributed by atoms with E-state index in [1.807, 2.05) is 17.7 Å². The van der Waals surface area contributed by atoms with Crippen LogP contribution in [0.2, 0.25) is 0 Å². The van der Waals surface area contributed by atoms with Crippen molar-refractivity contribution < 1.29 is 0 Å². The van der Waals surface area contributed by atoms with Gasteiger partial charge >= 0.3 is 0 Å². The molecule has 82 valence electrons. The van der Waals surface area contributed by atoms with Crippen LogP contribution in [0.5, 0.6) is 0 Å². The van der Waals surface area contributed by atoms with Gasteiger partial charge in [0.1, 0.15) is 5.69 Å². The fraction of sp³-hybridized carbons (Fsp3) is 0.600. The van der Waals surface area contributed by atoms with Crippen LogP contribution in [-0.2, 0) is 6.54 Å². The smallest absolute Gasteiger partial charge is 0.161 e. The van der Waals surface area contributed by atoms with Crippen molar-refractivity contribution in [3.63, 3.8) is 0 Å². The Hall–Kier alpha value is -1.36. The van der Waals surface area contributed by atoms with E-state index in [4.69, 9.17) is 5.84 Å². The summed E-state index contributed by atoms with van der Waals surface area (Å²) in [4.78, 5) is 4.52. The Kier molecular flexibility index (Phi) is 2.73. The molecule has 1 aromatic rings. The second-order valence-electron chi connectivity index (χ2n) is 3.84. The van der Waals surface area contributed by atoms with Crippen LogP contribution in [0.15, 0.2) is 11.1 Å². The molecule has 0 amide bonds. The Labute approximate surface area is 89.3 Å². The Morgan fingerprint density at radius 1 is 1.73 bits per heavy atom. The van der Waals surface area contributed by atoms with E-state index in [9.17, 15) is 0 Å². The molecule has 15 heavy (non-hydrogen) atoms. The lowest BCUT2D eigenvalue weighted by atomic mass is 10.3. The predicted molar refractivity (Wildman–Crippen MR) is 59.5 cm³/mol. The van der Waals surface area contributed by atoms with Gasteiger partial charge in [-0.25, -0.2) is 5.84 Å². The molecule has 1 aliphatic rings. The van der Waals surface area contributed by atoms with E-state index >= 15 is 0 Å². The van der Waals surface area contributed by atoms with E-state index in [0.717, 1.165) is 23.8 Å². The average Bonchev–Trinajstić information content (AvgIpc) is 2.97. The molecule has 2 rings (SSSR count). The number of nitrogens with zero attached hydrogens (tertiary/aromatic N) is 3. The first-order valence-corrected chi connectivity index (χ1v) is 5.33. The average molecular weight is 207 g/mol. The molecule has 3 N–H and O–H groups in total. The van der Waals surface area contributed by atoms with E-state index in [1.54, 1.807) is 0 Å². The van der Waals surface area contributed by atoms with Crippen LogP contribution in [0.4, 0.5) is 0 Å². The Morgan fingerprint density at radius 3 is 3.00 bits per heavy atom. The van der Waals surface area contributed by atoms with Gasteiger partial charge in [-0.2, -0.15) is 5.10 Å². The fourth-order valence-electron chi connectivity index (χ4n) is 1.54. The number of nitrogens with two attached hydrogens (primary N) is 1. The minimum Gasteiger partial charge on any atom is -0.307 e. The molecule has 0 unspecified atom stereocenters. The van der Waals surface area contributed by atoms with Gasteiger partial charge in [-0.3, -0.25) is 9.67 Å². The van der Waals surface area contributed by atoms with Crippen molar-refractivity contribution in [3.05, 3.63) is 17.5 Å². The number of rotatable bonds is 3. The number of amidine groups is 1.